The number of aromatic nitrogens is 2. The van der Waals surface area contributed by atoms with Crippen molar-refractivity contribution in [2.24, 2.45) is 0 Å². The van der Waals surface area contributed by atoms with Gasteiger partial charge in [0.05, 0.1) is 22.3 Å². The molecule has 7 heteroatoms. The fourth-order valence-electron chi connectivity index (χ4n) is 2.23. The fraction of sp³-hybridized carbons (Fsp3) is 0.0714. The van der Waals surface area contributed by atoms with E-state index in [1.165, 1.54) is 6.07 Å². The molecule has 0 fully saturated rings. The Morgan fingerprint density at radius 1 is 1.24 bits per heavy atom. The minimum Gasteiger partial charge on any atom is -0.399 e. The van der Waals surface area contributed by atoms with Crippen molar-refractivity contribution >= 4 is 32.3 Å². The molecule has 0 saturated carbocycles. The van der Waals surface area contributed by atoms with Gasteiger partial charge in [-0.05, 0) is 42.8 Å². The van der Waals surface area contributed by atoms with Gasteiger partial charge in [-0.1, -0.05) is 6.07 Å². The average Bonchev–Trinajstić information content (AvgIpc) is 2.87. The molecule has 3 rings (SSSR count). The molecular formula is C14H14N4O2S. The second-order valence-corrected chi connectivity index (χ2v) is 6.42. The number of rotatable bonds is 3. The smallest absolute Gasteiger partial charge is 0.262 e. The van der Waals surface area contributed by atoms with E-state index in [4.69, 9.17) is 5.73 Å². The molecule has 0 aliphatic heterocycles. The molecule has 21 heavy (non-hydrogen) atoms. The van der Waals surface area contributed by atoms with Crippen LogP contribution in [-0.2, 0) is 10.0 Å². The predicted molar refractivity (Wildman–Crippen MR) is 82.5 cm³/mol. The largest absolute Gasteiger partial charge is 0.399 e. The normalized spacial score (nSPS) is 11.7. The maximum Gasteiger partial charge on any atom is 0.262 e. The van der Waals surface area contributed by atoms with E-state index in [1.807, 2.05) is 6.07 Å². The highest BCUT2D eigenvalue weighted by Gasteiger charge is 2.18. The van der Waals surface area contributed by atoms with E-state index in [-0.39, 0.29) is 4.90 Å². The van der Waals surface area contributed by atoms with E-state index in [9.17, 15) is 8.42 Å². The highest BCUT2D eigenvalue weighted by atomic mass is 32.2. The van der Waals surface area contributed by atoms with Gasteiger partial charge in [0.1, 0.15) is 0 Å². The van der Waals surface area contributed by atoms with Crippen molar-refractivity contribution in [3.05, 3.63) is 48.2 Å². The molecular weight excluding hydrogens is 288 g/mol. The topological polar surface area (TPSA) is 101 Å². The van der Waals surface area contributed by atoms with Crippen LogP contribution in [0.5, 0.6) is 0 Å². The summed E-state index contributed by atoms with van der Waals surface area (Å²) < 4.78 is 27.6. The highest BCUT2D eigenvalue weighted by Crippen LogP contribution is 2.25. The summed E-state index contributed by atoms with van der Waals surface area (Å²) in [4.78, 5) is 0.206. The number of sulfonamides is 1. The fourth-order valence-corrected chi connectivity index (χ4v) is 3.54. The van der Waals surface area contributed by atoms with Crippen LogP contribution in [0.3, 0.4) is 0 Å². The van der Waals surface area contributed by atoms with Crippen molar-refractivity contribution in [2.75, 3.05) is 10.5 Å². The monoisotopic (exact) mass is 302 g/mol. The number of nitrogens with one attached hydrogen (secondary N) is 2. The minimum absolute atomic E-state index is 0.206. The van der Waals surface area contributed by atoms with E-state index in [0.717, 1.165) is 5.52 Å². The molecule has 2 aromatic carbocycles. The Morgan fingerprint density at radius 3 is 2.81 bits per heavy atom. The molecule has 0 radical (unpaired) electrons. The number of aromatic amines is 1. The first-order chi connectivity index (χ1) is 9.97. The number of hydrogen-bond acceptors (Lipinski definition) is 4. The lowest BCUT2D eigenvalue weighted by Crippen LogP contribution is -2.14. The van der Waals surface area contributed by atoms with Crippen LogP contribution in [0.25, 0.3) is 10.9 Å². The van der Waals surface area contributed by atoms with Crippen molar-refractivity contribution in [1.29, 1.82) is 0 Å². The van der Waals surface area contributed by atoms with Crippen molar-refractivity contribution in [3.8, 4) is 0 Å². The number of nitrogens with zero attached hydrogens (tertiary/aromatic N) is 1. The van der Waals surface area contributed by atoms with Crippen molar-refractivity contribution in [3.63, 3.8) is 0 Å². The van der Waals surface area contributed by atoms with Gasteiger partial charge in [-0.3, -0.25) is 9.82 Å². The first kappa shape index (κ1) is 13.4. The lowest BCUT2D eigenvalue weighted by Gasteiger charge is -2.11. The van der Waals surface area contributed by atoms with Crippen LogP contribution in [0.1, 0.15) is 5.56 Å². The number of benzene rings is 2. The van der Waals surface area contributed by atoms with E-state index in [0.29, 0.717) is 22.3 Å². The number of H-pyrrole nitrogens is 1. The van der Waals surface area contributed by atoms with Gasteiger partial charge in [0.25, 0.3) is 10.0 Å². The van der Waals surface area contributed by atoms with Crippen molar-refractivity contribution < 1.29 is 8.42 Å². The quantitative estimate of drug-likeness (QED) is 0.646. The van der Waals surface area contributed by atoms with Gasteiger partial charge in [0.15, 0.2) is 0 Å². The van der Waals surface area contributed by atoms with Gasteiger partial charge in [-0.2, -0.15) is 5.10 Å². The number of fused-ring (bicyclic) bond motifs is 1. The Balaban J connectivity index is 2.05. The molecule has 0 saturated heterocycles. The minimum atomic E-state index is -3.68. The molecule has 0 spiro atoms. The van der Waals surface area contributed by atoms with Gasteiger partial charge in [0.2, 0.25) is 0 Å². The molecule has 0 unspecified atom stereocenters. The SMILES string of the molecule is Cc1cc(N)ccc1S(=O)(=O)Nc1cccc2[nH]ncc12. The summed E-state index contributed by atoms with van der Waals surface area (Å²) in [5, 5.41) is 7.44. The van der Waals surface area contributed by atoms with Crippen LogP contribution >= 0.6 is 0 Å². The van der Waals surface area contributed by atoms with E-state index in [2.05, 4.69) is 14.9 Å². The summed E-state index contributed by atoms with van der Waals surface area (Å²) in [6.07, 6.45) is 1.59. The highest BCUT2D eigenvalue weighted by molar-refractivity contribution is 7.92. The van der Waals surface area contributed by atoms with Crippen molar-refractivity contribution in [2.45, 2.75) is 11.8 Å². The van der Waals surface area contributed by atoms with Gasteiger partial charge >= 0.3 is 0 Å². The maximum atomic E-state index is 12.5. The first-order valence-electron chi connectivity index (χ1n) is 6.28. The van der Waals surface area contributed by atoms with Crippen LogP contribution < -0.4 is 10.5 Å². The van der Waals surface area contributed by atoms with Gasteiger partial charge in [0, 0.05) is 11.1 Å². The molecule has 1 heterocycles. The van der Waals surface area contributed by atoms with Gasteiger partial charge in [-0.25, -0.2) is 8.42 Å². The Bertz CT molecular complexity index is 916. The summed E-state index contributed by atoms with van der Waals surface area (Å²) in [6.45, 7) is 1.71. The van der Waals surface area contributed by atoms with E-state index < -0.39 is 10.0 Å². The van der Waals surface area contributed by atoms with E-state index >= 15 is 0 Å². The van der Waals surface area contributed by atoms with Gasteiger partial charge in [-0.15, -0.1) is 0 Å². The second-order valence-electron chi connectivity index (χ2n) is 4.77. The number of nitrogen functional groups attached to an aromatic ring is 1. The molecule has 0 amide bonds. The first-order valence-corrected chi connectivity index (χ1v) is 7.77. The predicted octanol–water partition coefficient (Wildman–Crippen LogP) is 2.25. The lowest BCUT2D eigenvalue weighted by molar-refractivity contribution is 0.600. The Hall–Kier alpha value is -2.54. The zero-order valence-corrected chi connectivity index (χ0v) is 12.1. The zero-order chi connectivity index (χ0) is 15.0. The molecule has 6 nitrogen and oxygen atoms in total. The molecule has 3 aromatic rings. The van der Waals surface area contributed by atoms with Gasteiger partial charge < -0.3 is 5.73 Å². The van der Waals surface area contributed by atoms with Crippen LogP contribution in [0.4, 0.5) is 11.4 Å². The van der Waals surface area contributed by atoms with E-state index in [1.54, 1.807) is 37.4 Å². The average molecular weight is 302 g/mol. The molecule has 4 N–H and O–H groups in total. The molecule has 1 aromatic heterocycles. The van der Waals surface area contributed by atoms with Crippen LogP contribution in [0.15, 0.2) is 47.5 Å². The molecule has 0 aliphatic carbocycles. The number of anilines is 2. The standard InChI is InChI=1S/C14H14N4O2S/c1-9-7-10(15)5-6-14(9)21(19,20)18-13-4-2-3-12-11(13)8-16-17-12/h2-8,18H,15H2,1H3,(H,16,17). The lowest BCUT2D eigenvalue weighted by atomic mass is 10.2. The Labute approximate surface area is 122 Å². The molecule has 108 valence electrons. The molecule has 0 atom stereocenters. The Kier molecular flexibility index (Phi) is 3.06. The maximum absolute atomic E-state index is 12.5. The second kappa shape index (κ2) is 4.78. The summed E-state index contributed by atoms with van der Waals surface area (Å²) in [5.74, 6) is 0. The summed E-state index contributed by atoms with van der Waals surface area (Å²) in [7, 11) is -3.68. The third-order valence-electron chi connectivity index (χ3n) is 3.22. The summed E-state index contributed by atoms with van der Waals surface area (Å²) in [6, 6.07) is 9.99. The Morgan fingerprint density at radius 2 is 2.05 bits per heavy atom. The number of hydrogen-bond donors (Lipinski definition) is 3. The summed E-state index contributed by atoms with van der Waals surface area (Å²) in [5.41, 5.74) is 8.04. The number of aryl methyl sites for hydroxylation is 1. The van der Waals surface area contributed by atoms with Crippen LogP contribution in [0, 0.1) is 6.92 Å². The third-order valence-corrected chi connectivity index (χ3v) is 4.74. The van der Waals surface area contributed by atoms with Crippen LogP contribution in [-0.4, -0.2) is 18.6 Å². The third kappa shape index (κ3) is 2.43. The zero-order valence-electron chi connectivity index (χ0n) is 11.3. The summed E-state index contributed by atoms with van der Waals surface area (Å²) >= 11 is 0. The molecule has 0 bridgehead atoms. The van der Waals surface area contributed by atoms with Crippen LogP contribution in [0.2, 0.25) is 0 Å². The number of nitrogens with two attached hydrogens (primary N) is 1. The molecule has 0 aliphatic rings. The van der Waals surface area contributed by atoms with Crippen molar-refractivity contribution in [1.82, 2.24) is 10.2 Å².